The lowest BCUT2D eigenvalue weighted by molar-refractivity contribution is -0.116. The first-order valence-corrected chi connectivity index (χ1v) is 7.33. The fraction of sp³-hybridized carbons (Fsp3) is 0.154. The number of amides is 1. The Morgan fingerprint density at radius 3 is 2.70 bits per heavy atom. The number of anilines is 1. The van der Waals surface area contributed by atoms with Crippen LogP contribution in [0.4, 0.5) is 10.1 Å². The lowest BCUT2D eigenvalue weighted by Crippen LogP contribution is -2.20. The van der Waals surface area contributed by atoms with Gasteiger partial charge in [0, 0.05) is 6.54 Å². The Labute approximate surface area is 116 Å². The van der Waals surface area contributed by atoms with Crippen molar-refractivity contribution in [1.82, 2.24) is 5.32 Å². The van der Waals surface area contributed by atoms with Crippen LogP contribution in [-0.4, -0.2) is 20.6 Å². The van der Waals surface area contributed by atoms with Crippen LogP contribution in [0.1, 0.15) is 11.1 Å². The van der Waals surface area contributed by atoms with E-state index in [0.29, 0.717) is 5.56 Å². The van der Waals surface area contributed by atoms with Crippen molar-refractivity contribution in [3.05, 3.63) is 41.7 Å². The molecule has 0 saturated carbocycles. The minimum Gasteiger partial charge on any atom is -0.348 e. The van der Waals surface area contributed by atoms with E-state index in [9.17, 15) is 17.6 Å². The zero-order valence-corrected chi connectivity index (χ0v) is 11.6. The van der Waals surface area contributed by atoms with E-state index in [1.54, 1.807) is 0 Å². The number of sulfonamides is 1. The third-order valence-electron chi connectivity index (χ3n) is 2.25. The molecule has 0 heterocycles. The number of terminal acetylenes is 1. The van der Waals surface area contributed by atoms with Gasteiger partial charge in [-0.05, 0) is 23.8 Å². The van der Waals surface area contributed by atoms with Crippen molar-refractivity contribution in [3.8, 4) is 12.3 Å². The summed E-state index contributed by atoms with van der Waals surface area (Å²) in [6, 6.07) is 2.51. The van der Waals surface area contributed by atoms with Gasteiger partial charge in [0.15, 0.2) is 0 Å². The van der Waals surface area contributed by atoms with Crippen LogP contribution in [0.25, 0.3) is 0 Å². The van der Waals surface area contributed by atoms with Crippen molar-refractivity contribution in [2.75, 3.05) is 11.0 Å². The normalized spacial score (nSPS) is 10.4. The van der Waals surface area contributed by atoms with E-state index in [1.807, 2.05) is 4.72 Å². The van der Waals surface area contributed by atoms with Crippen LogP contribution in [0, 0.1) is 18.2 Å². The number of rotatable bonds is 5. The largest absolute Gasteiger partial charge is 0.348 e. The highest BCUT2D eigenvalue weighted by Crippen LogP contribution is 2.22. The van der Waals surface area contributed by atoms with Crippen molar-refractivity contribution >= 4 is 21.6 Å². The molecule has 0 saturated heterocycles. The molecule has 106 valence electrons. The minimum absolute atomic E-state index is 0.0512. The van der Waals surface area contributed by atoms with E-state index in [0.717, 1.165) is 18.4 Å². The summed E-state index contributed by atoms with van der Waals surface area (Å²) in [5, 5.41) is 2.46. The summed E-state index contributed by atoms with van der Waals surface area (Å²) in [5.41, 5.74) is 0.178. The molecule has 0 radical (unpaired) electrons. The second-order valence-corrected chi connectivity index (χ2v) is 5.69. The lowest BCUT2D eigenvalue weighted by atomic mass is 10.1. The van der Waals surface area contributed by atoms with Gasteiger partial charge in [-0.1, -0.05) is 12.5 Å². The van der Waals surface area contributed by atoms with Gasteiger partial charge in [-0.2, -0.15) is 0 Å². The molecule has 0 aromatic heterocycles. The Bertz CT molecular complexity index is 690. The highest BCUT2D eigenvalue weighted by atomic mass is 32.2. The van der Waals surface area contributed by atoms with Crippen molar-refractivity contribution in [2.24, 2.45) is 0 Å². The Hall–Kier alpha value is -2.33. The molecule has 7 heteroatoms. The zero-order chi connectivity index (χ0) is 15.3. The van der Waals surface area contributed by atoms with E-state index in [1.165, 1.54) is 6.07 Å². The molecular weight excluding hydrogens is 283 g/mol. The molecular formula is C13H13FN2O3S. The summed E-state index contributed by atoms with van der Waals surface area (Å²) < 4.78 is 38.2. The van der Waals surface area contributed by atoms with Gasteiger partial charge >= 0.3 is 0 Å². The lowest BCUT2D eigenvalue weighted by Gasteiger charge is -2.11. The standard InChI is InChI=1S/C13H13FN2O3S/c1-4-10-6-9(8-15-12(17)5-2)7-11(14)13(10)16-20(3,18)19/h1,5-7,16H,2,8H2,3H3,(H,15,17). The third kappa shape index (κ3) is 4.40. The van der Waals surface area contributed by atoms with Gasteiger partial charge in [-0.3, -0.25) is 9.52 Å². The predicted octanol–water partition coefficient (Wildman–Crippen LogP) is 0.981. The molecule has 0 aliphatic rings. The quantitative estimate of drug-likeness (QED) is 0.628. The van der Waals surface area contributed by atoms with Crippen LogP contribution < -0.4 is 10.0 Å². The summed E-state index contributed by atoms with van der Waals surface area (Å²) in [5.74, 6) is 0.979. The average Bonchev–Trinajstić information content (AvgIpc) is 2.37. The molecule has 0 aliphatic heterocycles. The molecule has 20 heavy (non-hydrogen) atoms. The summed E-state index contributed by atoms with van der Waals surface area (Å²) in [4.78, 5) is 11.0. The maximum atomic E-state index is 13.9. The molecule has 0 spiro atoms. The van der Waals surface area contributed by atoms with E-state index in [-0.39, 0.29) is 17.8 Å². The first-order chi connectivity index (χ1) is 9.26. The maximum absolute atomic E-state index is 13.9. The van der Waals surface area contributed by atoms with Gasteiger partial charge in [-0.15, -0.1) is 6.42 Å². The fourth-order valence-electron chi connectivity index (χ4n) is 1.43. The van der Waals surface area contributed by atoms with Gasteiger partial charge in [0.1, 0.15) is 5.82 Å². The van der Waals surface area contributed by atoms with Crippen LogP contribution in [0.2, 0.25) is 0 Å². The summed E-state index contributed by atoms with van der Waals surface area (Å²) >= 11 is 0. The first-order valence-electron chi connectivity index (χ1n) is 5.44. The summed E-state index contributed by atoms with van der Waals surface area (Å²) in [7, 11) is -3.64. The highest BCUT2D eigenvalue weighted by molar-refractivity contribution is 7.92. The zero-order valence-electron chi connectivity index (χ0n) is 10.7. The van der Waals surface area contributed by atoms with Crippen molar-refractivity contribution in [1.29, 1.82) is 0 Å². The molecule has 0 atom stereocenters. The Morgan fingerprint density at radius 2 is 2.20 bits per heavy atom. The molecule has 1 aromatic rings. The van der Waals surface area contributed by atoms with Crippen molar-refractivity contribution in [3.63, 3.8) is 0 Å². The summed E-state index contributed by atoms with van der Waals surface area (Å²) in [6.07, 6.45) is 7.21. The topological polar surface area (TPSA) is 75.3 Å². The number of hydrogen-bond donors (Lipinski definition) is 2. The predicted molar refractivity (Wildman–Crippen MR) is 74.8 cm³/mol. The fourth-order valence-corrected chi connectivity index (χ4v) is 2.01. The molecule has 2 N–H and O–H groups in total. The van der Waals surface area contributed by atoms with Gasteiger partial charge in [0.25, 0.3) is 0 Å². The number of nitrogens with one attached hydrogen (secondary N) is 2. The first kappa shape index (κ1) is 15.7. The van der Waals surface area contributed by atoms with E-state index in [4.69, 9.17) is 6.42 Å². The number of carbonyl (C=O) groups is 1. The SMILES string of the molecule is C#Cc1cc(CNC(=O)C=C)cc(F)c1NS(C)(=O)=O. The van der Waals surface area contributed by atoms with E-state index >= 15 is 0 Å². The summed E-state index contributed by atoms with van der Waals surface area (Å²) in [6.45, 7) is 3.33. The van der Waals surface area contributed by atoms with E-state index in [2.05, 4.69) is 17.8 Å². The second kappa shape index (κ2) is 6.21. The van der Waals surface area contributed by atoms with E-state index < -0.39 is 21.7 Å². The third-order valence-corrected chi connectivity index (χ3v) is 2.82. The maximum Gasteiger partial charge on any atom is 0.243 e. The number of benzene rings is 1. The highest BCUT2D eigenvalue weighted by Gasteiger charge is 2.13. The molecule has 1 rings (SSSR count). The van der Waals surface area contributed by atoms with Crippen LogP contribution >= 0.6 is 0 Å². The average molecular weight is 296 g/mol. The molecule has 0 aliphatic carbocycles. The molecule has 1 amide bonds. The Morgan fingerprint density at radius 1 is 1.55 bits per heavy atom. The molecule has 0 fully saturated rings. The van der Waals surface area contributed by atoms with Crippen LogP contribution in [-0.2, 0) is 21.4 Å². The van der Waals surface area contributed by atoms with Crippen molar-refractivity contribution < 1.29 is 17.6 Å². The van der Waals surface area contributed by atoms with Crippen LogP contribution in [0.15, 0.2) is 24.8 Å². The Balaban J connectivity index is 3.11. The van der Waals surface area contributed by atoms with Gasteiger partial charge in [-0.25, -0.2) is 12.8 Å². The Kier molecular flexibility index (Phi) is 4.88. The van der Waals surface area contributed by atoms with Gasteiger partial charge in [0.2, 0.25) is 15.9 Å². The van der Waals surface area contributed by atoms with Gasteiger partial charge in [0.05, 0.1) is 17.5 Å². The molecule has 0 unspecified atom stereocenters. The smallest absolute Gasteiger partial charge is 0.243 e. The van der Waals surface area contributed by atoms with Crippen LogP contribution in [0.3, 0.4) is 0 Å². The molecule has 0 bridgehead atoms. The number of halogens is 1. The monoisotopic (exact) mass is 296 g/mol. The van der Waals surface area contributed by atoms with Crippen LogP contribution in [0.5, 0.6) is 0 Å². The minimum atomic E-state index is -3.64. The second-order valence-electron chi connectivity index (χ2n) is 3.94. The number of hydrogen-bond acceptors (Lipinski definition) is 3. The van der Waals surface area contributed by atoms with Crippen molar-refractivity contribution in [2.45, 2.75) is 6.54 Å². The molecule has 1 aromatic carbocycles. The molecule has 5 nitrogen and oxygen atoms in total. The van der Waals surface area contributed by atoms with Gasteiger partial charge < -0.3 is 5.32 Å². The number of carbonyl (C=O) groups excluding carboxylic acids is 1.